The molecule has 0 saturated carbocycles. The Kier molecular flexibility index (Phi) is 3.85. The lowest BCUT2D eigenvalue weighted by Crippen LogP contribution is -2.22. The summed E-state index contributed by atoms with van der Waals surface area (Å²) >= 11 is 0. The van der Waals surface area contributed by atoms with Crippen LogP contribution in [0.3, 0.4) is 0 Å². The first kappa shape index (κ1) is 14.8. The van der Waals surface area contributed by atoms with Crippen LogP contribution < -0.4 is 15.5 Å². The largest absolute Gasteiger partial charge is 0.496 e. The molecule has 0 aliphatic heterocycles. The van der Waals surface area contributed by atoms with E-state index in [0.29, 0.717) is 22.3 Å². The highest BCUT2D eigenvalue weighted by molar-refractivity contribution is 6.06. The summed E-state index contributed by atoms with van der Waals surface area (Å²) in [5.41, 5.74) is 1.93. The summed E-state index contributed by atoms with van der Waals surface area (Å²) in [6.07, 6.45) is 1.43. The molecule has 116 valence electrons. The molecule has 0 atom stereocenters. The third-order valence-corrected chi connectivity index (χ3v) is 3.59. The second-order valence-corrected chi connectivity index (χ2v) is 5.24. The molecular weight excluding hydrogens is 292 g/mol. The van der Waals surface area contributed by atoms with Crippen molar-refractivity contribution in [3.05, 3.63) is 70.0 Å². The number of fused-ring (bicyclic) bond motifs is 1. The van der Waals surface area contributed by atoms with Crippen LogP contribution in [0.15, 0.2) is 53.5 Å². The van der Waals surface area contributed by atoms with Crippen LogP contribution in [-0.2, 0) is 0 Å². The average Bonchev–Trinajstić information content (AvgIpc) is 2.55. The molecule has 3 rings (SSSR count). The molecule has 5 heteroatoms. The lowest BCUT2D eigenvalue weighted by atomic mass is 10.1. The van der Waals surface area contributed by atoms with E-state index < -0.39 is 5.91 Å². The molecule has 0 fully saturated rings. The number of aryl methyl sites for hydroxylation is 1. The van der Waals surface area contributed by atoms with Gasteiger partial charge in [-0.2, -0.15) is 0 Å². The first-order valence-corrected chi connectivity index (χ1v) is 7.16. The number of ether oxygens (including phenoxy) is 1. The van der Waals surface area contributed by atoms with Crippen LogP contribution >= 0.6 is 0 Å². The lowest BCUT2D eigenvalue weighted by molar-refractivity contribution is 0.102. The number of benzene rings is 2. The summed E-state index contributed by atoms with van der Waals surface area (Å²) < 4.78 is 5.29. The summed E-state index contributed by atoms with van der Waals surface area (Å²) in [5.74, 6) is -0.00223. The van der Waals surface area contributed by atoms with Crippen molar-refractivity contribution < 1.29 is 9.53 Å². The molecular formula is C18H16N2O3. The van der Waals surface area contributed by atoms with Gasteiger partial charge in [-0.15, -0.1) is 0 Å². The molecule has 5 nitrogen and oxygen atoms in total. The highest BCUT2D eigenvalue weighted by Gasteiger charge is 2.16. The van der Waals surface area contributed by atoms with Crippen LogP contribution in [-0.4, -0.2) is 18.0 Å². The zero-order valence-corrected chi connectivity index (χ0v) is 12.8. The zero-order valence-electron chi connectivity index (χ0n) is 12.8. The van der Waals surface area contributed by atoms with E-state index in [-0.39, 0.29) is 11.0 Å². The standard InChI is InChI=1S/C18H16N2O3/c1-11-8-14-16(15(9-11)23-2)17(21)13(10-19-14)18(22)20-12-6-4-3-5-7-12/h3-10H,1-2H3,(H,19,21)(H,20,22). The third kappa shape index (κ3) is 2.81. The van der Waals surface area contributed by atoms with E-state index in [2.05, 4.69) is 10.3 Å². The maximum atomic E-state index is 12.7. The monoisotopic (exact) mass is 308 g/mol. The first-order chi connectivity index (χ1) is 11.1. The van der Waals surface area contributed by atoms with Crippen LogP contribution in [0.5, 0.6) is 5.75 Å². The third-order valence-electron chi connectivity index (χ3n) is 3.59. The second-order valence-electron chi connectivity index (χ2n) is 5.24. The highest BCUT2D eigenvalue weighted by atomic mass is 16.5. The lowest BCUT2D eigenvalue weighted by Gasteiger charge is -2.09. The summed E-state index contributed by atoms with van der Waals surface area (Å²) in [4.78, 5) is 28.1. The van der Waals surface area contributed by atoms with Gasteiger partial charge < -0.3 is 15.0 Å². The Morgan fingerprint density at radius 2 is 1.91 bits per heavy atom. The van der Waals surface area contributed by atoms with Gasteiger partial charge >= 0.3 is 0 Å². The molecule has 2 aromatic carbocycles. The normalized spacial score (nSPS) is 10.5. The Bertz CT molecular complexity index is 930. The van der Waals surface area contributed by atoms with E-state index in [9.17, 15) is 9.59 Å². The number of carbonyl (C=O) groups excluding carboxylic acids is 1. The number of para-hydroxylation sites is 1. The van der Waals surface area contributed by atoms with E-state index in [1.807, 2.05) is 31.2 Å². The van der Waals surface area contributed by atoms with E-state index in [1.54, 1.807) is 18.2 Å². The predicted molar refractivity (Wildman–Crippen MR) is 90.3 cm³/mol. The molecule has 0 spiro atoms. The number of H-pyrrole nitrogens is 1. The Labute approximate surface area is 132 Å². The van der Waals surface area contributed by atoms with Gasteiger partial charge in [-0.1, -0.05) is 18.2 Å². The fourth-order valence-electron chi connectivity index (χ4n) is 2.50. The minimum Gasteiger partial charge on any atom is -0.496 e. The number of hydrogen-bond donors (Lipinski definition) is 2. The van der Waals surface area contributed by atoms with E-state index in [0.717, 1.165) is 5.56 Å². The number of nitrogens with one attached hydrogen (secondary N) is 2. The molecule has 2 N–H and O–H groups in total. The quantitative estimate of drug-likeness (QED) is 0.781. The minimum absolute atomic E-state index is 0.0449. The summed E-state index contributed by atoms with van der Waals surface area (Å²) in [5, 5.41) is 3.09. The topological polar surface area (TPSA) is 71.2 Å². The molecule has 1 heterocycles. The van der Waals surface area contributed by atoms with Crippen molar-refractivity contribution in [2.75, 3.05) is 12.4 Å². The average molecular weight is 308 g/mol. The SMILES string of the molecule is COc1cc(C)cc2[nH]cc(C(=O)Nc3ccccc3)c(=O)c12. The maximum Gasteiger partial charge on any atom is 0.261 e. The van der Waals surface area contributed by atoms with Crippen LogP contribution in [0.25, 0.3) is 10.9 Å². The minimum atomic E-state index is -0.457. The molecule has 0 bridgehead atoms. The molecule has 0 aliphatic carbocycles. The first-order valence-electron chi connectivity index (χ1n) is 7.16. The van der Waals surface area contributed by atoms with E-state index in [4.69, 9.17) is 4.74 Å². The van der Waals surface area contributed by atoms with Crippen molar-refractivity contribution >= 4 is 22.5 Å². The molecule has 1 aromatic heterocycles. The van der Waals surface area contributed by atoms with Gasteiger partial charge in [-0.25, -0.2) is 0 Å². The summed E-state index contributed by atoms with van der Waals surface area (Å²) in [6.45, 7) is 1.91. The number of aromatic amines is 1. The van der Waals surface area contributed by atoms with Crippen molar-refractivity contribution in [1.82, 2.24) is 4.98 Å². The summed E-state index contributed by atoms with van der Waals surface area (Å²) in [6, 6.07) is 12.6. The second kappa shape index (κ2) is 5.96. The van der Waals surface area contributed by atoms with Crippen LogP contribution in [0.4, 0.5) is 5.69 Å². The van der Waals surface area contributed by atoms with Gasteiger partial charge in [0.2, 0.25) is 5.43 Å². The molecule has 1 amide bonds. The van der Waals surface area contributed by atoms with Crippen LogP contribution in [0, 0.1) is 6.92 Å². The fraction of sp³-hybridized carbons (Fsp3) is 0.111. The van der Waals surface area contributed by atoms with E-state index in [1.165, 1.54) is 13.3 Å². The Morgan fingerprint density at radius 3 is 2.61 bits per heavy atom. The van der Waals surface area contributed by atoms with Gasteiger partial charge in [0.1, 0.15) is 11.3 Å². The number of anilines is 1. The van der Waals surface area contributed by atoms with Crippen LogP contribution in [0.2, 0.25) is 0 Å². The van der Waals surface area contributed by atoms with Gasteiger partial charge in [0.25, 0.3) is 5.91 Å². The molecule has 0 saturated heterocycles. The van der Waals surface area contributed by atoms with Gasteiger partial charge in [0, 0.05) is 11.9 Å². The maximum absolute atomic E-state index is 12.7. The number of carbonyl (C=O) groups is 1. The number of methoxy groups -OCH3 is 1. The Balaban J connectivity index is 2.09. The highest BCUT2D eigenvalue weighted by Crippen LogP contribution is 2.23. The van der Waals surface area contributed by atoms with E-state index >= 15 is 0 Å². The smallest absolute Gasteiger partial charge is 0.261 e. The number of aromatic nitrogens is 1. The predicted octanol–water partition coefficient (Wildman–Crippen LogP) is 3.10. The fourth-order valence-corrected chi connectivity index (χ4v) is 2.50. The van der Waals surface area contributed by atoms with Crippen LogP contribution in [0.1, 0.15) is 15.9 Å². The molecule has 3 aromatic rings. The van der Waals surface area contributed by atoms with Gasteiger partial charge in [0.15, 0.2) is 0 Å². The van der Waals surface area contributed by atoms with Gasteiger partial charge in [0.05, 0.1) is 18.0 Å². The van der Waals surface area contributed by atoms with Gasteiger partial charge in [-0.3, -0.25) is 9.59 Å². The van der Waals surface area contributed by atoms with Crippen molar-refractivity contribution in [2.24, 2.45) is 0 Å². The van der Waals surface area contributed by atoms with Crippen molar-refractivity contribution in [2.45, 2.75) is 6.92 Å². The summed E-state index contributed by atoms with van der Waals surface area (Å²) in [7, 11) is 1.50. The number of hydrogen-bond acceptors (Lipinski definition) is 3. The van der Waals surface area contributed by atoms with Crippen molar-refractivity contribution in [3.8, 4) is 5.75 Å². The molecule has 0 aliphatic rings. The number of rotatable bonds is 3. The zero-order chi connectivity index (χ0) is 16.4. The number of amides is 1. The molecule has 23 heavy (non-hydrogen) atoms. The van der Waals surface area contributed by atoms with Crippen molar-refractivity contribution in [3.63, 3.8) is 0 Å². The molecule has 0 unspecified atom stereocenters. The molecule has 0 radical (unpaired) electrons. The Morgan fingerprint density at radius 1 is 1.17 bits per heavy atom. The van der Waals surface area contributed by atoms with Gasteiger partial charge in [-0.05, 0) is 36.8 Å². The number of pyridine rings is 1. The van der Waals surface area contributed by atoms with Crippen molar-refractivity contribution in [1.29, 1.82) is 0 Å². The Hall–Kier alpha value is -3.08.